The summed E-state index contributed by atoms with van der Waals surface area (Å²) in [5.74, 6) is -0.0638. The number of alkyl carbamates (subject to hydrolysis) is 1. The van der Waals surface area contributed by atoms with E-state index in [9.17, 15) is 14.4 Å². The van der Waals surface area contributed by atoms with Crippen LogP contribution in [-0.2, 0) is 22.4 Å². The second kappa shape index (κ2) is 9.37. The number of hydrogen-bond acceptors (Lipinski definition) is 6. The van der Waals surface area contributed by atoms with Gasteiger partial charge in [-0.25, -0.2) is 9.59 Å². The van der Waals surface area contributed by atoms with E-state index >= 15 is 0 Å². The monoisotopic (exact) mass is 475 g/mol. The van der Waals surface area contributed by atoms with Crippen molar-refractivity contribution in [2.24, 2.45) is 11.8 Å². The first-order valence-corrected chi connectivity index (χ1v) is 11.9. The molecule has 1 fully saturated rings. The van der Waals surface area contributed by atoms with Crippen LogP contribution in [0, 0.1) is 11.8 Å². The number of carbonyl (C=O) groups is 2. The summed E-state index contributed by atoms with van der Waals surface area (Å²) < 4.78 is 16.3. The zero-order valence-electron chi connectivity index (χ0n) is 19.3. The van der Waals surface area contributed by atoms with Crippen LogP contribution in [0.2, 0.25) is 5.02 Å². The quantitative estimate of drug-likeness (QED) is 0.372. The lowest BCUT2D eigenvalue weighted by Crippen LogP contribution is -2.36. The molecule has 0 atom stereocenters. The second-order valence-corrected chi connectivity index (χ2v) is 10.4. The van der Waals surface area contributed by atoms with Gasteiger partial charge in [0.1, 0.15) is 11.2 Å². The van der Waals surface area contributed by atoms with Gasteiger partial charge >= 0.3 is 17.7 Å². The number of halogens is 1. The minimum atomic E-state index is -0.530. The van der Waals surface area contributed by atoms with Crippen LogP contribution in [0.3, 0.4) is 0 Å². The van der Waals surface area contributed by atoms with Crippen LogP contribution in [-0.4, -0.2) is 24.2 Å². The van der Waals surface area contributed by atoms with Crippen molar-refractivity contribution in [1.82, 2.24) is 5.32 Å². The number of benzene rings is 1. The summed E-state index contributed by atoms with van der Waals surface area (Å²) >= 11 is 6.42. The molecule has 4 rings (SSSR count). The number of rotatable bonds is 4. The highest BCUT2D eigenvalue weighted by atomic mass is 35.5. The maximum Gasteiger partial charge on any atom is 0.407 e. The molecule has 1 aromatic carbocycles. The first-order valence-electron chi connectivity index (χ1n) is 11.6. The number of nitrogens with one attached hydrogen (secondary N) is 1. The van der Waals surface area contributed by atoms with Gasteiger partial charge in [0, 0.05) is 23.6 Å². The first-order chi connectivity index (χ1) is 15.6. The summed E-state index contributed by atoms with van der Waals surface area (Å²) in [6.07, 6.45) is 5.00. The molecule has 178 valence electrons. The van der Waals surface area contributed by atoms with Gasteiger partial charge in [0.05, 0.1) is 10.9 Å². The van der Waals surface area contributed by atoms with Crippen molar-refractivity contribution < 1.29 is 23.5 Å². The van der Waals surface area contributed by atoms with Gasteiger partial charge in [0.2, 0.25) is 0 Å². The van der Waals surface area contributed by atoms with Crippen LogP contribution < -0.4 is 15.7 Å². The Kier molecular flexibility index (Phi) is 6.71. The molecular weight excluding hydrogens is 446 g/mol. The standard InChI is InChI=1S/C25H30ClNO6/c1-25(2,3)33-24(30)27-13-14-7-9-15(10-8-14)22(28)32-21-12-20-18(11-19(21)26)16-5-4-6-17(16)23(29)31-20/h11-12,14-15H,4-10,13H2,1-3H3,(H,27,30). The first kappa shape index (κ1) is 23.6. The molecular formula is C25H30ClNO6. The molecule has 2 aliphatic rings. The van der Waals surface area contributed by atoms with E-state index in [1.807, 2.05) is 20.8 Å². The van der Waals surface area contributed by atoms with E-state index in [0.29, 0.717) is 35.9 Å². The predicted molar refractivity (Wildman–Crippen MR) is 125 cm³/mol. The molecule has 7 nitrogen and oxygen atoms in total. The molecule has 1 N–H and O–H groups in total. The number of carbonyl (C=O) groups excluding carboxylic acids is 2. The number of aryl methyl sites for hydroxylation is 1. The maximum atomic E-state index is 12.8. The predicted octanol–water partition coefficient (Wildman–Crippen LogP) is 5.17. The lowest BCUT2D eigenvalue weighted by molar-refractivity contribution is -0.140. The average molecular weight is 476 g/mol. The molecule has 1 heterocycles. The maximum absolute atomic E-state index is 12.8. The van der Waals surface area contributed by atoms with Crippen LogP contribution in [0.15, 0.2) is 21.3 Å². The molecule has 0 aliphatic heterocycles. The van der Waals surface area contributed by atoms with Crippen molar-refractivity contribution in [3.63, 3.8) is 0 Å². The molecule has 0 bridgehead atoms. The molecule has 8 heteroatoms. The Hall–Kier alpha value is -2.54. The molecule has 1 amide bonds. The molecule has 0 radical (unpaired) electrons. The Balaban J connectivity index is 1.35. The van der Waals surface area contributed by atoms with Crippen molar-refractivity contribution in [3.8, 4) is 5.75 Å². The van der Waals surface area contributed by atoms with Crippen LogP contribution in [0.1, 0.15) is 64.0 Å². The topological polar surface area (TPSA) is 94.8 Å². The number of ether oxygens (including phenoxy) is 2. The smallest absolute Gasteiger partial charge is 0.407 e. The van der Waals surface area contributed by atoms with Crippen LogP contribution >= 0.6 is 11.6 Å². The zero-order chi connectivity index (χ0) is 23.8. The Labute approximate surface area is 197 Å². The zero-order valence-corrected chi connectivity index (χ0v) is 20.0. The summed E-state index contributed by atoms with van der Waals surface area (Å²) in [6.45, 7) is 6.00. The lowest BCUT2D eigenvalue weighted by Gasteiger charge is -2.28. The molecule has 0 spiro atoms. The molecule has 1 aromatic heterocycles. The fourth-order valence-corrected chi connectivity index (χ4v) is 4.90. The third-order valence-electron chi connectivity index (χ3n) is 6.35. The lowest BCUT2D eigenvalue weighted by atomic mass is 9.82. The molecule has 2 aromatic rings. The highest BCUT2D eigenvalue weighted by Crippen LogP contribution is 2.36. The Morgan fingerprint density at radius 1 is 1.12 bits per heavy atom. The minimum absolute atomic E-state index is 0.212. The van der Waals surface area contributed by atoms with E-state index in [2.05, 4.69) is 5.32 Å². The van der Waals surface area contributed by atoms with Gasteiger partial charge in [0.25, 0.3) is 0 Å². The number of fused-ring (bicyclic) bond motifs is 3. The minimum Gasteiger partial charge on any atom is -0.444 e. The molecule has 1 saturated carbocycles. The van der Waals surface area contributed by atoms with Crippen molar-refractivity contribution >= 4 is 34.6 Å². The SMILES string of the molecule is CC(C)(C)OC(=O)NCC1CCC(C(=O)Oc2cc3oc(=O)c4c(c3cc2Cl)CCC4)CC1. The van der Waals surface area contributed by atoms with Crippen LogP contribution in [0.25, 0.3) is 11.0 Å². The summed E-state index contributed by atoms with van der Waals surface area (Å²) in [5, 5.41) is 3.95. The number of amides is 1. The summed E-state index contributed by atoms with van der Waals surface area (Å²) in [6, 6.07) is 3.28. The van der Waals surface area contributed by atoms with Crippen molar-refractivity contribution in [1.29, 1.82) is 0 Å². The van der Waals surface area contributed by atoms with Crippen molar-refractivity contribution in [2.75, 3.05) is 6.54 Å². The Morgan fingerprint density at radius 2 is 1.82 bits per heavy atom. The fourth-order valence-electron chi connectivity index (χ4n) is 4.70. The molecule has 2 aliphatic carbocycles. The van der Waals surface area contributed by atoms with E-state index < -0.39 is 11.7 Å². The third kappa shape index (κ3) is 5.52. The van der Waals surface area contributed by atoms with E-state index in [1.54, 1.807) is 12.1 Å². The number of hydrogen-bond donors (Lipinski definition) is 1. The van der Waals surface area contributed by atoms with Crippen LogP contribution in [0.4, 0.5) is 4.79 Å². The van der Waals surface area contributed by atoms with Crippen LogP contribution in [0.5, 0.6) is 5.75 Å². The van der Waals surface area contributed by atoms with E-state index in [0.717, 1.165) is 48.6 Å². The van der Waals surface area contributed by atoms with Gasteiger partial charge in [-0.15, -0.1) is 0 Å². The van der Waals surface area contributed by atoms with Gasteiger partial charge < -0.3 is 19.2 Å². The molecule has 0 saturated heterocycles. The summed E-state index contributed by atoms with van der Waals surface area (Å²) in [5.41, 5.74) is 1.25. The summed E-state index contributed by atoms with van der Waals surface area (Å²) in [4.78, 5) is 36.9. The van der Waals surface area contributed by atoms with Gasteiger partial charge in [-0.2, -0.15) is 0 Å². The van der Waals surface area contributed by atoms with E-state index in [4.69, 9.17) is 25.5 Å². The van der Waals surface area contributed by atoms with Crippen molar-refractivity contribution in [3.05, 3.63) is 38.7 Å². The van der Waals surface area contributed by atoms with E-state index in [-0.39, 0.29) is 23.3 Å². The average Bonchev–Trinajstić information content (AvgIpc) is 3.24. The molecule has 33 heavy (non-hydrogen) atoms. The highest BCUT2D eigenvalue weighted by molar-refractivity contribution is 6.33. The fraction of sp³-hybridized carbons (Fsp3) is 0.560. The summed E-state index contributed by atoms with van der Waals surface area (Å²) in [7, 11) is 0. The van der Waals surface area contributed by atoms with Gasteiger partial charge in [-0.1, -0.05) is 11.6 Å². The largest absolute Gasteiger partial charge is 0.444 e. The second-order valence-electron chi connectivity index (χ2n) is 10.0. The normalized spacial score (nSPS) is 20.4. The number of esters is 1. The highest BCUT2D eigenvalue weighted by Gasteiger charge is 2.29. The van der Waals surface area contributed by atoms with Crippen molar-refractivity contribution in [2.45, 2.75) is 71.3 Å². The Morgan fingerprint density at radius 3 is 2.52 bits per heavy atom. The van der Waals surface area contributed by atoms with Gasteiger partial charge in [0.15, 0.2) is 5.75 Å². The third-order valence-corrected chi connectivity index (χ3v) is 6.65. The molecule has 0 unspecified atom stereocenters. The van der Waals surface area contributed by atoms with Gasteiger partial charge in [-0.05, 0) is 83.3 Å². The Bertz CT molecular complexity index is 1120. The van der Waals surface area contributed by atoms with Gasteiger partial charge in [-0.3, -0.25) is 4.79 Å². The van der Waals surface area contributed by atoms with E-state index in [1.165, 1.54) is 0 Å².